The van der Waals surface area contributed by atoms with Crippen molar-refractivity contribution in [3.05, 3.63) is 29.8 Å². The molecule has 0 unspecified atom stereocenters. The molecule has 4 nitrogen and oxygen atoms in total. The second-order valence-electron chi connectivity index (χ2n) is 3.03. The third kappa shape index (κ3) is 4.27. The van der Waals surface area contributed by atoms with E-state index in [1.54, 1.807) is 13.3 Å². The molecular weight excluding hydrogens is 222 g/mol. The van der Waals surface area contributed by atoms with Gasteiger partial charge in [0.15, 0.2) is 5.11 Å². The molecule has 0 aliphatic rings. The third-order valence-corrected chi connectivity index (χ3v) is 2.14. The summed E-state index contributed by atoms with van der Waals surface area (Å²) in [6.45, 7) is 2.48. The quantitative estimate of drug-likeness (QED) is 0.475. The molecule has 2 N–H and O–H groups in total. The molecule has 0 fully saturated rings. The van der Waals surface area contributed by atoms with Crippen molar-refractivity contribution in [2.75, 3.05) is 7.11 Å². The van der Waals surface area contributed by atoms with Gasteiger partial charge in [-0.15, -0.1) is 0 Å². The van der Waals surface area contributed by atoms with E-state index in [-0.39, 0.29) is 0 Å². The van der Waals surface area contributed by atoms with Crippen molar-refractivity contribution >= 4 is 23.5 Å². The fourth-order valence-electron chi connectivity index (χ4n) is 1.09. The third-order valence-electron chi connectivity index (χ3n) is 1.91. The van der Waals surface area contributed by atoms with Crippen LogP contribution in [-0.2, 0) is 6.54 Å². The van der Waals surface area contributed by atoms with E-state index in [0.29, 0.717) is 11.7 Å². The number of hydrogen-bond acceptors (Lipinski definition) is 3. The first-order chi connectivity index (χ1) is 7.76. The number of thiocarbonyl (C=S) groups is 1. The molecule has 0 bridgehead atoms. The lowest BCUT2D eigenvalue weighted by Crippen LogP contribution is -2.31. The molecule has 0 atom stereocenters. The van der Waals surface area contributed by atoms with E-state index in [1.807, 2.05) is 31.2 Å². The first-order valence-corrected chi connectivity index (χ1v) is 5.31. The van der Waals surface area contributed by atoms with Crippen LogP contribution in [0, 0.1) is 0 Å². The SMILES string of the molecule is C/C=N/NC(=S)NCc1ccc(OC)cc1. The van der Waals surface area contributed by atoms with Crippen molar-refractivity contribution in [2.24, 2.45) is 5.10 Å². The highest BCUT2D eigenvalue weighted by atomic mass is 32.1. The predicted molar refractivity (Wildman–Crippen MR) is 69.7 cm³/mol. The lowest BCUT2D eigenvalue weighted by molar-refractivity contribution is 0.414. The Hall–Kier alpha value is -1.62. The van der Waals surface area contributed by atoms with E-state index in [0.717, 1.165) is 11.3 Å². The first kappa shape index (κ1) is 12.4. The van der Waals surface area contributed by atoms with Crippen LogP contribution in [0.15, 0.2) is 29.4 Å². The van der Waals surface area contributed by atoms with Crippen LogP contribution in [0.5, 0.6) is 5.75 Å². The van der Waals surface area contributed by atoms with Gasteiger partial charge in [0, 0.05) is 12.8 Å². The van der Waals surface area contributed by atoms with Crippen LogP contribution in [0.2, 0.25) is 0 Å². The number of benzene rings is 1. The zero-order valence-corrected chi connectivity index (χ0v) is 10.2. The highest BCUT2D eigenvalue weighted by Gasteiger charge is 1.96. The average molecular weight is 237 g/mol. The number of hydrazone groups is 1. The van der Waals surface area contributed by atoms with Gasteiger partial charge in [-0.1, -0.05) is 12.1 Å². The van der Waals surface area contributed by atoms with E-state index >= 15 is 0 Å². The molecule has 1 rings (SSSR count). The largest absolute Gasteiger partial charge is 0.497 e. The Kier molecular flexibility index (Phi) is 5.28. The van der Waals surface area contributed by atoms with Gasteiger partial charge in [-0.05, 0) is 36.8 Å². The molecule has 86 valence electrons. The Bertz CT molecular complexity index is 362. The van der Waals surface area contributed by atoms with Gasteiger partial charge >= 0.3 is 0 Å². The smallest absolute Gasteiger partial charge is 0.187 e. The molecule has 16 heavy (non-hydrogen) atoms. The summed E-state index contributed by atoms with van der Waals surface area (Å²) in [5, 5.41) is 7.36. The average Bonchev–Trinajstić information content (AvgIpc) is 2.34. The highest BCUT2D eigenvalue weighted by Crippen LogP contribution is 2.10. The maximum Gasteiger partial charge on any atom is 0.187 e. The molecule has 0 heterocycles. The van der Waals surface area contributed by atoms with Crippen LogP contribution in [0.3, 0.4) is 0 Å². The second kappa shape index (κ2) is 6.79. The molecule has 0 aliphatic heterocycles. The summed E-state index contributed by atoms with van der Waals surface area (Å²) in [6.07, 6.45) is 1.64. The number of ether oxygens (including phenoxy) is 1. The van der Waals surface area contributed by atoms with E-state index < -0.39 is 0 Å². The van der Waals surface area contributed by atoms with Crippen molar-refractivity contribution in [3.8, 4) is 5.75 Å². The van der Waals surface area contributed by atoms with Crippen molar-refractivity contribution in [1.29, 1.82) is 0 Å². The summed E-state index contributed by atoms with van der Waals surface area (Å²) in [7, 11) is 1.65. The fourth-order valence-corrected chi connectivity index (χ4v) is 1.21. The van der Waals surface area contributed by atoms with Crippen molar-refractivity contribution in [2.45, 2.75) is 13.5 Å². The lowest BCUT2D eigenvalue weighted by atomic mass is 10.2. The zero-order chi connectivity index (χ0) is 11.8. The molecule has 0 aromatic heterocycles. The number of nitrogens with zero attached hydrogens (tertiary/aromatic N) is 1. The molecule has 0 saturated carbocycles. The maximum absolute atomic E-state index is 5.07. The number of methoxy groups -OCH3 is 1. The lowest BCUT2D eigenvalue weighted by Gasteiger charge is -2.07. The summed E-state index contributed by atoms with van der Waals surface area (Å²) in [4.78, 5) is 0. The van der Waals surface area contributed by atoms with Crippen LogP contribution >= 0.6 is 12.2 Å². The van der Waals surface area contributed by atoms with Gasteiger partial charge in [-0.2, -0.15) is 5.10 Å². The molecule has 0 aliphatic carbocycles. The van der Waals surface area contributed by atoms with Crippen LogP contribution in [-0.4, -0.2) is 18.4 Å². The van der Waals surface area contributed by atoms with Gasteiger partial charge < -0.3 is 10.1 Å². The Morgan fingerprint density at radius 3 is 2.69 bits per heavy atom. The van der Waals surface area contributed by atoms with Gasteiger partial charge in [0.25, 0.3) is 0 Å². The summed E-state index contributed by atoms with van der Waals surface area (Å²) < 4.78 is 5.07. The van der Waals surface area contributed by atoms with Crippen molar-refractivity contribution in [3.63, 3.8) is 0 Å². The minimum atomic E-state index is 0.508. The minimum Gasteiger partial charge on any atom is -0.497 e. The van der Waals surface area contributed by atoms with Crippen LogP contribution in [0.4, 0.5) is 0 Å². The van der Waals surface area contributed by atoms with Crippen LogP contribution in [0.25, 0.3) is 0 Å². The molecule has 0 saturated heterocycles. The summed E-state index contributed by atoms with van der Waals surface area (Å²) in [5.41, 5.74) is 3.82. The van der Waals surface area contributed by atoms with E-state index in [9.17, 15) is 0 Å². The normalized spacial score (nSPS) is 10.1. The Balaban J connectivity index is 2.39. The maximum atomic E-state index is 5.07. The standard InChI is InChI=1S/C11H15N3OS/c1-3-13-14-11(16)12-8-9-4-6-10(15-2)7-5-9/h3-7H,8H2,1-2H3,(H2,12,14,16)/b13-3+. The summed E-state index contributed by atoms with van der Waals surface area (Å²) in [6, 6.07) is 7.80. The summed E-state index contributed by atoms with van der Waals surface area (Å²) >= 11 is 5.01. The fraction of sp³-hybridized carbons (Fsp3) is 0.273. The Morgan fingerprint density at radius 2 is 2.12 bits per heavy atom. The van der Waals surface area contributed by atoms with E-state index in [2.05, 4.69) is 15.8 Å². The zero-order valence-electron chi connectivity index (χ0n) is 9.36. The molecule has 0 radical (unpaired) electrons. The number of nitrogens with one attached hydrogen (secondary N) is 2. The van der Waals surface area contributed by atoms with Crippen molar-refractivity contribution in [1.82, 2.24) is 10.7 Å². The minimum absolute atomic E-state index is 0.508. The molecule has 1 aromatic rings. The molecule has 5 heteroatoms. The van der Waals surface area contributed by atoms with E-state index in [4.69, 9.17) is 17.0 Å². The van der Waals surface area contributed by atoms with Gasteiger partial charge in [0.2, 0.25) is 0 Å². The molecule has 1 aromatic carbocycles. The van der Waals surface area contributed by atoms with Crippen LogP contribution < -0.4 is 15.5 Å². The van der Waals surface area contributed by atoms with E-state index in [1.165, 1.54) is 0 Å². The number of rotatable bonds is 4. The van der Waals surface area contributed by atoms with Crippen molar-refractivity contribution < 1.29 is 4.74 Å². The topological polar surface area (TPSA) is 45.7 Å². The molecule has 0 spiro atoms. The second-order valence-corrected chi connectivity index (χ2v) is 3.44. The van der Waals surface area contributed by atoms with Gasteiger partial charge in [-0.3, -0.25) is 5.43 Å². The molecule has 0 amide bonds. The number of hydrogen-bond donors (Lipinski definition) is 2. The van der Waals surface area contributed by atoms with Gasteiger partial charge in [0.1, 0.15) is 5.75 Å². The molecular formula is C11H15N3OS. The van der Waals surface area contributed by atoms with Gasteiger partial charge in [0.05, 0.1) is 7.11 Å². The highest BCUT2D eigenvalue weighted by molar-refractivity contribution is 7.80. The van der Waals surface area contributed by atoms with Crippen LogP contribution in [0.1, 0.15) is 12.5 Å². The summed E-state index contributed by atoms with van der Waals surface area (Å²) in [5.74, 6) is 0.847. The Labute approximate surface area is 101 Å². The monoisotopic (exact) mass is 237 g/mol. The Morgan fingerprint density at radius 1 is 1.44 bits per heavy atom. The van der Waals surface area contributed by atoms with Gasteiger partial charge in [-0.25, -0.2) is 0 Å². The first-order valence-electron chi connectivity index (χ1n) is 4.90. The predicted octanol–water partition coefficient (Wildman–Crippen LogP) is 1.66.